The molecule has 3 heteroatoms. The largest absolute Gasteiger partial charge is 0.494 e. The van der Waals surface area contributed by atoms with E-state index in [4.69, 9.17) is 4.74 Å². The second kappa shape index (κ2) is 4.56. The van der Waals surface area contributed by atoms with Crippen molar-refractivity contribution in [1.82, 2.24) is 0 Å². The van der Waals surface area contributed by atoms with Crippen molar-refractivity contribution in [3.63, 3.8) is 0 Å². The lowest BCUT2D eigenvalue weighted by Crippen LogP contribution is -1.99. The van der Waals surface area contributed by atoms with Gasteiger partial charge in [-0.2, -0.15) is 0 Å². The average molecular weight is 194 g/mol. The van der Waals surface area contributed by atoms with Crippen LogP contribution in [0.3, 0.4) is 0 Å². The molecule has 0 N–H and O–H groups in total. The van der Waals surface area contributed by atoms with Crippen LogP contribution in [0.5, 0.6) is 5.75 Å². The molecule has 0 aliphatic carbocycles. The van der Waals surface area contributed by atoms with Crippen LogP contribution < -0.4 is 4.74 Å². The van der Waals surface area contributed by atoms with Crippen molar-refractivity contribution < 1.29 is 13.9 Å². The molecule has 0 aromatic heterocycles. The lowest BCUT2D eigenvalue weighted by atomic mass is 10.1. The average Bonchev–Trinajstić information content (AvgIpc) is 2.17. The highest BCUT2D eigenvalue weighted by molar-refractivity contribution is 6.04. The lowest BCUT2D eigenvalue weighted by molar-refractivity contribution is 0.104. The summed E-state index contributed by atoms with van der Waals surface area (Å²) in [6.07, 6.45) is 1.08. The Kier molecular flexibility index (Phi) is 3.40. The summed E-state index contributed by atoms with van der Waals surface area (Å²) in [5.41, 5.74) is 0.0171. The van der Waals surface area contributed by atoms with Crippen LogP contribution in [0.1, 0.15) is 17.3 Å². The number of hydrogen-bond acceptors (Lipinski definition) is 2. The van der Waals surface area contributed by atoms with Gasteiger partial charge in [-0.3, -0.25) is 4.79 Å². The first-order chi connectivity index (χ1) is 6.69. The molecule has 14 heavy (non-hydrogen) atoms. The molecule has 0 saturated carbocycles. The minimum Gasteiger partial charge on any atom is -0.494 e. The van der Waals surface area contributed by atoms with Crippen LogP contribution in [0, 0.1) is 5.82 Å². The van der Waals surface area contributed by atoms with Crippen molar-refractivity contribution in [2.75, 3.05) is 6.61 Å². The summed E-state index contributed by atoms with van der Waals surface area (Å²) in [5.74, 6) is -0.586. The van der Waals surface area contributed by atoms with E-state index in [1.807, 2.05) is 0 Å². The van der Waals surface area contributed by atoms with Gasteiger partial charge < -0.3 is 4.74 Å². The first-order valence-electron chi connectivity index (χ1n) is 4.28. The first kappa shape index (κ1) is 10.4. The Morgan fingerprint density at radius 3 is 2.86 bits per heavy atom. The molecule has 0 fully saturated rings. The van der Waals surface area contributed by atoms with E-state index in [0.29, 0.717) is 12.4 Å². The number of carbonyl (C=O) groups is 1. The van der Waals surface area contributed by atoms with Gasteiger partial charge in [0.1, 0.15) is 11.6 Å². The fraction of sp³-hybridized carbons (Fsp3) is 0.182. The van der Waals surface area contributed by atoms with E-state index in [1.54, 1.807) is 13.0 Å². The van der Waals surface area contributed by atoms with Gasteiger partial charge in [-0.05, 0) is 25.1 Å². The van der Waals surface area contributed by atoms with E-state index in [9.17, 15) is 9.18 Å². The minimum atomic E-state index is -0.583. The maximum atomic E-state index is 13.3. The van der Waals surface area contributed by atoms with Crippen molar-refractivity contribution >= 4 is 5.78 Å². The van der Waals surface area contributed by atoms with Crippen LogP contribution in [0.25, 0.3) is 0 Å². The highest BCUT2D eigenvalue weighted by Crippen LogP contribution is 2.17. The third-order valence-electron chi connectivity index (χ3n) is 1.70. The van der Waals surface area contributed by atoms with Gasteiger partial charge in [0.25, 0.3) is 0 Å². The summed E-state index contributed by atoms with van der Waals surface area (Å²) < 4.78 is 18.3. The predicted molar refractivity (Wildman–Crippen MR) is 52.1 cm³/mol. The molecule has 0 radical (unpaired) electrons. The Balaban J connectivity index is 3.01. The Morgan fingerprint density at radius 1 is 1.64 bits per heavy atom. The second-order valence-corrected chi connectivity index (χ2v) is 2.64. The zero-order valence-electron chi connectivity index (χ0n) is 7.92. The van der Waals surface area contributed by atoms with E-state index in [1.165, 1.54) is 12.1 Å². The SMILES string of the molecule is C=CC(=O)c1ccc(OCC)cc1F. The summed E-state index contributed by atoms with van der Waals surface area (Å²) in [5, 5.41) is 0. The second-order valence-electron chi connectivity index (χ2n) is 2.64. The van der Waals surface area contributed by atoms with E-state index in [0.717, 1.165) is 6.08 Å². The normalized spacial score (nSPS) is 9.57. The third kappa shape index (κ3) is 2.19. The van der Waals surface area contributed by atoms with Crippen LogP contribution in [0.15, 0.2) is 30.9 Å². The molecular weight excluding hydrogens is 183 g/mol. The molecule has 74 valence electrons. The Bertz CT molecular complexity index is 358. The number of carbonyl (C=O) groups excluding carboxylic acids is 1. The predicted octanol–water partition coefficient (Wildman–Crippen LogP) is 2.59. The number of ketones is 1. The van der Waals surface area contributed by atoms with E-state index < -0.39 is 11.6 Å². The van der Waals surface area contributed by atoms with Gasteiger partial charge in [-0.25, -0.2) is 4.39 Å². The molecule has 1 aromatic carbocycles. The van der Waals surface area contributed by atoms with Crippen molar-refractivity contribution in [1.29, 1.82) is 0 Å². The number of hydrogen-bond donors (Lipinski definition) is 0. The smallest absolute Gasteiger partial charge is 0.188 e. The molecule has 0 heterocycles. The number of ether oxygens (including phenoxy) is 1. The van der Waals surface area contributed by atoms with Crippen molar-refractivity contribution in [2.24, 2.45) is 0 Å². The van der Waals surface area contributed by atoms with Crippen LogP contribution in [0.4, 0.5) is 4.39 Å². The van der Waals surface area contributed by atoms with Gasteiger partial charge in [-0.15, -0.1) is 0 Å². The zero-order valence-corrected chi connectivity index (χ0v) is 7.92. The van der Waals surface area contributed by atoms with Crippen LogP contribution >= 0.6 is 0 Å². The van der Waals surface area contributed by atoms with Crippen LogP contribution in [-0.4, -0.2) is 12.4 Å². The number of halogens is 1. The summed E-state index contributed by atoms with van der Waals surface area (Å²) in [6.45, 7) is 5.56. The van der Waals surface area contributed by atoms with Gasteiger partial charge in [0.15, 0.2) is 5.78 Å². The molecule has 0 aliphatic heterocycles. The summed E-state index contributed by atoms with van der Waals surface area (Å²) in [7, 11) is 0. The summed E-state index contributed by atoms with van der Waals surface area (Å²) >= 11 is 0. The van der Waals surface area contributed by atoms with Crippen molar-refractivity contribution in [2.45, 2.75) is 6.92 Å². The topological polar surface area (TPSA) is 26.3 Å². The Morgan fingerprint density at radius 2 is 2.36 bits per heavy atom. The molecule has 0 amide bonds. The maximum absolute atomic E-state index is 13.3. The molecule has 0 spiro atoms. The molecule has 0 aliphatic rings. The van der Waals surface area contributed by atoms with Gasteiger partial charge >= 0.3 is 0 Å². The molecule has 0 unspecified atom stereocenters. The zero-order chi connectivity index (χ0) is 10.6. The number of benzene rings is 1. The molecule has 0 bridgehead atoms. The highest BCUT2D eigenvalue weighted by Gasteiger charge is 2.08. The van der Waals surface area contributed by atoms with Crippen molar-refractivity contribution in [3.05, 3.63) is 42.2 Å². The fourth-order valence-corrected chi connectivity index (χ4v) is 1.06. The monoisotopic (exact) mass is 194 g/mol. The van der Waals surface area contributed by atoms with E-state index in [-0.39, 0.29) is 5.56 Å². The third-order valence-corrected chi connectivity index (χ3v) is 1.70. The number of allylic oxidation sites excluding steroid dienone is 1. The Labute approximate surface area is 82.0 Å². The van der Waals surface area contributed by atoms with Gasteiger partial charge in [-0.1, -0.05) is 6.58 Å². The fourth-order valence-electron chi connectivity index (χ4n) is 1.06. The van der Waals surface area contributed by atoms with E-state index in [2.05, 4.69) is 6.58 Å². The molecule has 0 atom stereocenters. The molecule has 1 rings (SSSR count). The molecular formula is C11H11FO2. The van der Waals surface area contributed by atoms with Gasteiger partial charge in [0.2, 0.25) is 0 Å². The highest BCUT2D eigenvalue weighted by atomic mass is 19.1. The van der Waals surface area contributed by atoms with Gasteiger partial charge in [0, 0.05) is 6.07 Å². The van der Waals surface area contributed by atoms with Crippen LogP contribution in [-0.2, 0) is 0 Å². The lowest BCUT2D eigenvalue weighted by Gasteiger charge is -2.04. The van der Waals surface area contributed by atoms with E-state index >= 15 is 0 Å². The standard InChI is InChI=1S/C11H11FO2/c1-3-11(13)9-6-5-8(14-4-2)7-10(9)12/h3,5-7H,1,4H2,2H3. The molecule has 1 aromatic rings. The Hall–Kier alpha value is -1.64. The molecule has 2 nitrogen and oxygen atoms in total. The first-order valence-corrected chi connectivity index (χ1v) is 4.28. The minimum absolute atomic E-state index is 0.0171. The summed E-state index contributed by atoms with van der Waals surface area (Å²) in [6, 6.07) is 4.15. The molecule has 0 saturated heterocycles. The number of rotatable bonds is 4. The van der Waals surface area contributed by atoms with Crippen LogP contribution in [0.2, 0.25) is 0 Å². The van der Waals surface area contributed by atoms with Crippen molar-refractivity contribution in [3.8, 4) is 5.75 Å². The maximum Gasteiger partial charge on any atom is 0.188 e. The quantitative estimate of drug-likeness (QED) is 0.544. The summed E-state index contributed by atoms with van der Waals surface area (Å²) in [4.78, 5) is 11.1. The van der Waals surface area contributed by atoms with Gasteiger partial charge in [0.05, 0.1) is 12.2 Å².